The van der Waals surface area contributed by atoms with Gasteiger partial charge in [-0.3, -0.25) is 19.2 Å². The van der Waals surface area contributed by atoms with Crippen LogP contribution in [0, 0.1) is 0 Å². The summed E-state index contributed by atoms with van der Waals surface area (Å²) in [6.07, 6.45) is 1.82. The molecule has 1 aromatic heterocycles. The maximum Gasteiger partial charge on any atom is 0.409 e. The van der Waals surface area contributed by atoms with Crippen molar-refractivity contribution in [2.24, 2.45) is 5.73 Å². The van der Waals surface area contributed by atoms with Gasteiger partial charge in [0.2, 0.25) is 11.8 Å². The lowest BCUT2D eigenvalue weighted by atomic mass is 10.1. The van der Waals surface area contributed by atoms with E-state index in [1.807, 2.05) is 6.07 Å². The minimum atomic E-state index is -1.16. The van der Waals surface area contributed by atoms with Crippen LogP contribution in [0.1, 0.15) is 59.9 Å². The molecule has 4 amide bonds. The number of hydrogen-bond acceptors (Lipinski definition) is 7. The normalized spacial score (nSPS) is 13.8. The fourth-order valence-corrected chi connectivity index (χ4v) is 4.24. The summed E-state index contributed by atoms with van der Waals surface area (Å²) >= 11 is 0. The van der Waals surface area contributed by atoms with Crippen molar-refractivity contribution < 1.29 is 33.8 Å². The van der Waals surface area contributed by atoms with Crippen molar-refractivity contribution in [3.8, 4) is 11.3 Å². The molecule has 214 valence electrons. The van der Waals surface area contributed by atoms with Crippen LogP contribution in [0.2, 0.25) is 0 Å². The van der Waals surface area contributed by atoms with E-state index in [1.165, 1.54) is 21.9 Å². The van der Waals surface area contributed by atoms with Crippen LogP contribution in [-0.4, -0.2) is 88.5 Å². The number of pyridine rings is 1. The van der Waals surface area contributed by atoms with Gasteiger partial charge in [-0.25, -0.2) is 9.78 Å². The summed E-state index contributed by atoms with van der Waals surface area (Å²) in [6.45, 7) is 3.31. The second-order valence-electron chi connectivity index (χ2n) is 9.45. The number of ether oxygens (including phenoxy) is 1. The number of carboxylic acid groups (broad SMARTS) is 1. The highest BCUT2D eigenvalue weighted by Gasteiger charge is 2.31. The van der Waals surface area contributed by atoms with Crippen molar-refractivity contribution in [3.05, 3.63) is 53.7 Å². The van der Waals surface area contributed by atoms with E-state index in [2.05, 4.69) is 17.2 Å². The molecule has 1 atom stereocenters. The minimum Gasteiger partial charge on any atom is -0.481 e. The van der Waals surface area contributed by atoms with Crippen molar-refractivity contribution in [2.45, 2.75) is 45.1 Å². The number of nitrogens with two attached hydrogens (primary N) is 1. The highest BCUT2D eigenvalue weighted by atomic mass is 16.6. The first-order valence-electron chi connectivity index (χ1n) is 13.3. The molecule has 2 aromatic rings. The molecule has 1 aliphatic heterocycles. The molecule has 0 spiro atoms. The average Bonchev–Trinajstić information content (AvgIpc) is 2.97. The molecule has 3 rings (SSSR count). The standard InChI is InChI=1S/C28H35N5O7/c1-2-3-7-16-40-28(39)33-14-12-32(13-15-33)27(38)21(10-11-24(34)35)31-26(37)23-18-20(25(29)36)17-22(30-23)19-8-5-4-6-9-19/h4-6,8-9,17-18,21H,2-3,7,10-16H2,1H3,(H2,29,36)(H,31,37)(H,34,35)/t21-/m0/s1. The molecular weight excluding hydrogens is 518 g/mol. The Bertz CT molecular complexity index is 1210. The molecule has 12 heteroatoms. The number of piperazine rings is 1. The Labute approximate surface area is 232 Å². The number of nitrogens with zero attached hydrogens (tertiary/aromatic N) is 3. The SMILES string of the molecule is CCCCCOC(=O)N1CCN(C(=O)[C@H](CCC(=O)O)NC(=O)c2cc(C(N)=O)cc(-c3ccccc3)n2)CC1. The van der Waals surface area contributed by atoms with Crippen molar-refractivity contribution in [2.75, 3.05) is 32.8 Å². The second-order valence-corrected chi connectivity index (χ2v) is 9.45. The van der Waals surface area contributed by atoms with Crippen LogP contribution < -0.4 is 11.1 Å². The van der Waals surface area contributed by atoms with Gasteiger partial charge in [0.15, 0.2) is 0 Å². The van der Waals surface area contributed by atoms with E-state index >= 15 is 0 Å². The van der Waals surface area contributed by atoms with Gasteiger partial charge >= 0.3 is 12.1 Å². The summed E-state index contributed by atoms with van der Waals surface area (Å²) in [7, 11) is 0. The van der Waals surface area contributed by atoms with Gasteiger partial charge in [0, 0.05) is 43.7 Å². The minimum absolute atomic E-state index is 0.0603. The van der Waals surface area contributed by atoms with Gasteiger partial charge < -0.3 is 30.7 Å². The molecule has 4 N–H and O–H groups in total. The molecular formula is C28H35N5O7. The molecule has 1 aliphatic rings. The fourth-order valence-electron chi connectivity index (χ4n) is 4.24. The number of primary amides is 1. The lowest BCUT2D eigenvalue weighted by Crippen LogP contribution is -2.56. The number of rotatable bonds is 12. The molecule has 2 heterocycles. The van der Waals surface area contributed by atoms with Crippen molar-refractivity contribution >= 4 is 29.8 Å². The van der Waals surface area contributed by atoms with Gasteiger partial charge in [-0.05, 0) is 25.0 Å². The molecule has 1 fully saturated rings. The number of unbranched alkanes of at least 4 members (excludes halogenated alkanes) is 2. The van der Waals surface area contributed by atoms with Crippen LogP contribution >= 0.6 is 0 Å². The number of hydrogen-bond donors (Lipinski definition) is 3. The quantitative estimate of drug-likeness (QED) is 0.336. The number of aliphatic carboxylic acids is 1. The molecule has 0 bridgehead atoms. The second kappa shape index (κ2) is 14.6. The number of aromatic nitrogens is 1. The predicted molar refractivity (Wildman–Crippen MR) is 145 cm³/mol. The van der Waals surface area contributed by atoms with E-state index in [0.717, 1.165) is 19.3 Å². The third-order valence-electron chi connectivity index (χ3n) is 6.49. The first-order chi connectivity index (χ1) is 19.2. The van der Waals surface area contributed by atoms with E-state index in [1.54, 1.807) is 24.3 Å². The lowest BCUT2D eigenvalue weighted by Gasteiger charge is -2.36. The van der Waals surface area contributed by atoms with Crippen molar-refractivity contribution in [1.82, 2.24) is 20.1 Å². The largest absolute Gasteiger partial charge is 0.481 e. The summed E-state index contributed by atoms with van der Waals surface area (Å²) < 4.78 is 5.28. The van der Waals surface area contributed by atoms with E-state index in [-0.39, 0.29) is 50.3 Å². The summed E-state index contributed by atoms with van der Waals surface area (Å²) in [5.41, 5.74) is 6.38. The number of amides is 4. The predicted octanol–water partition coefficient (Wildman–Crippen LogP) is 2.28. The Morgan fingerprint density at radius 2 is 1.70 bits per heavy atom. The Morgan fingerprint density at radius 3 is 2.33 bits per heavy atom. The molecule has 0 saturated carbocycles. The Morgan fingerprint density at radius 1 is 1.02 bits per heavy atom. The van der Waals surface area contributed by atoms with Gasteiger partial charge in [-0.1, -0.05) is 50.1 Å². The zero-order valence-electron chi connectivity index (χ0n) is 22.5. The van der Waals surface area contributed by atoms with E-state index in [9.17, 15) is 29.1 Å². The van der Waals surface area contributed by atoms with Crippen LogP contribution in [0.4, 0.5) is 4.79 Å². The van der Waals surface area contributed by atoms with E-state index in [0.29, 0.717) is 17.9 Å². The summed E-state index contributed by atoms with van der Waals surface area (Å²) in [6, 6.07) is 10.4. The number of carbonyl (C=O) groups is 5. The van der Waals surface area contributed by atoms with Gasteiger partial charge in [-0.15, -0.1) is 0 Å². The highest BCUT2D eigenvalue weighted by Crippen LogP contribution is 2.19. The fraction of sp³-hybridized carbons (Fsp3) is 0.429. The van der Waals surface area contributed by atoms with Gasteiger partial charge in [0.25, 0.3) is 5.91 Å². The van der Waals surface area contributed by atoms with Crippen LogP contribution in [0.5, 0.6) is 0 Å². The maximum absolute atomic E-state index is 13.4. The third-order valence-corrected chi connectivity index (χ3v) is 6.49. The molecule has 12 nitrogen and oxygen atoms in total. The number of carbonyl (C=O) groups excluding carboxylic acids is 4. The van der Waals surface area contributed by atoms with Crippen LogP contribution in [-0.2, 0) is 14.3 Å². The van der Waals surface area contributed by atoms with Gasteiger partial charge in [0.05, 0.1) is 12.3 Å². The van der Waals surface area contributed by atoms with Crippen LogP contribution in [0.25, 0.3) is 11.3 Å². The smallest absolute Gasteiger partial charge is 0.409 e. The van der Waals surface area contributed by atoms with E-state index in [4.69, 9.17) is 10.5 Å². The molecule has 1 saturated heterocycles. The van der Waals surface area contributed by atoms with Crippen LogP contribution in [0.15, 0.2) is 42.5 Å². The Hall–Kier alpha value is -4.48. The molecule has 1 aromatic carbocycles. The monoisotopic (exact) mass is 553 g/mol. The third kappa shape index (κ3) is 8.52. The molecule has 0 unspecified atom stereocenters. The number of benzene rings is 1. The lowest BCUT2D eigenvalue weighted by molar-refractivity contribution is -0.138. The first-order valence-corrected chi connectivity index (χ1v) is 13.3. The zero-order chi connectivity index (χ0) is 29.1. The number of carboxylic acids is 1. The molecule has 0 aliphatic carbocycles. The van der Waals surface area contributed by atoms with Crippen LogP contribution in [0.3, 0.4) is 0 Å². The zero-order valence-corrected chi connectivity index (χ0v) is 22.5. The van der Waals surface area contributed by atoms with Crippen molar-refractivity contribution in [1.29, 1.82) is 0 Å². The Balaban J connectivity index is 1.71. The van der Waals surface area contributed by atoms with Gasteiger partial charge in [0.1, 0.15) is 11.7 Å². The average molecular weight is 554 g/mol. The van der Waals surface area contributed by atoms with E-state index < -0.39 is 35.8 Å². The summed E-state index contributed by atoms with van der Waals surface area (Å²) in [5.74, 6) is -3.10. The van der Waals surface area contributed by atoms with Crippen molar-refractivity contribution in [3.63, 3.8) is 0 Å². The summed E-state index contributed by atoms with van der Waals surface area (Å²) in [5, 5.41) is 11.8. The van der Waals surface area contributed by atoms with Gasteiger partial charge in [-0.2, -0.15) is 0 Å². The maximum atomic E-state index is 13.4. The first kappa shape index (κ1) is 30.1. The summed E-state index contributed by atoms with van der Waals surface area (Å²) in [4.78, 5) is 69.4. The molecule has 0 radical (unpaired) electrons. The Kier molecular flexibility index (Phi) is 11.0. The number of nitrogens with one attached hydrogen (secondary N) is 1. The highest BCUT2D eigenvalue weighted by molar-refractivity contribution is 6.00. The topological polar surface area (TPSA) is 172 Å². The molecule has 40 heavy (non-hydrogen) atoms.